The number of rotatable bonds is 7. The van der Waals surface area contributed by atoms with Gasteiger partial charge in [0, 0.05) is 38.7 Å². The molecule has 0 N–H and O–H groups in total. The highest BCUT2D eigenvalue weighted by Gasteiger charge is 2.37. The van der Waals surface area contributed by atoms with Crippen LogP contribution >= 0.6 is 0 Å². The van der Waals surface area contributed by atoms with Crippen LogP contribution in [0.4, 0.5) is 17.1 Å². The van der Waals surface area contributed by atoms with Gasteiger partial charge in [-0.15, -0.1) is 0 Å². The highest BCUT2D eigenvalue weighted by Crippen LogP contribution is 2.54. The summed E-state index contributed by atoms with van der Waals surface area (Å²) in [5.74, 6) is 0. The van der Waals surface area contributed by atoms with Gasteiger partial charge in [0.15, 0.2) is 0 Å². The number of hydrogen-bond acceptors (Lipinski definition) is 1. The normalized spacial score (nSPS) is 12.7. The number of para-hydroxylation sites is 3. The Labute approximate surface area is 345 Å². The molecule has 280 valence electrons. The lowest BCUT2D eigenvalue weighted by atomic mass is 9.82. The van der Waals surface area contributed by atoms with E-state index in [1.165, 1.54) is 71.9 Å². The number of benzene rings is 9. The quantitative estimate of drug-likeness (QED) is 0.157. The van der Waals surface area contributed by atoms with Crippen LogP contribution in [0.2, 0.25) is 0 Å². The van der Waals surface area contributed by atoms with E-state index in [2.05, 4.69) is 242 Å². The molecule has 0 bridgehead atoms. The molecule has 10 aromatic rings. The monoisotopic (exact) mass is 754 g/mol. The molecule has 2 heteroatoms. The smallest absolute Gasteiger partial charge is 0.0541 e. The van der Waals surface area contributed by atoms with Gasteiger partial charge >= 0.3 is 0 Å². The molecule has 1 heterocycles. The van der Waals surface area contributed by atoms with Gasteiger partial charge in [0.05, 0.1) is 22.4 Å². The molecule has 0 atom stereocenters. The lowest BCUT2D eigenvalue weighted by Gasteiger charge is -2.31. The van der Waals surface area contributed by atoms with Gasteiger partial charge in [0.2, 0.25) is 0 Å². The Kier molecular flexibility index (Phi) is 8.20. The third-order valence-electron chi connectivity index (χ3n) is 12.4. The molecule has 2 nitrogen and oxygen atoms in total. The minimum atomic E-state index is -0.104. The molecule has 59 heavy (non-hydrogen) atoms. The first-order chi connectivity index (χ1) is 29.1. The van der Waals surface area contributed by atoms with Gasteiger partial charge in [0.25, 0.3) is 0 Å². The second-order valence-corrected chi connectivity index (χ2v) is 16.1. The molecule has 0 unspecified atom stereocenters. The first-order valence-corrected chi connectivity index (χ1v) is 20.5. The molecule has 0 radical (unpaired) electrons. The van der Waals surface area contributed by atoms with E-state index in [1.54, 1.807) is 0 Å². The van der Waals surface area contributed by atoms with E-state index in [-0.39, 0.29) is 5.41 Å². The Morgan fingerprint density at radius 3 is 1.63 bits per heavy atom. The highest BCUT2D eigenvalue weighted by molar-refractivity contribution is 6.09. The molecule has 0 aliphatic heterocycles. The van der Waals surface area contributed by atoms with E-state index in [0.717, 1.165) is 28.3 Å². The van der Waals surface area contributed by atoms with Crippen molar-refractivity contribution in [1.29, 1.82) is 0 Å². The summed E-state index contributed by atoms with van der Waals surface area (Å²) in [5.41, 5.74) is 19.3. The Morgan fingerprint density at radius 1 is 0.373 bits per heavy atom. The SMILES string of the molecule is CC1(C)c2ccccc2-c2c(-c3ccccc3N(c3ccc(-n4c5ccccc5c5ccccc54)cc3)c3ccc(-c4ccccc4)cc3-c3ccccc3)cccc21. The Hall–Kier alpha value is -7.42. The van der Waals surface area contributed by atoms with Crippen LogP contribution in [0.5, 0.6) is 0 Å². The van der Waals surface area contributed by atoms with Crippen molar-refractivity contribution in [2.45, 2.75) is 19.3 Å². The summed E-state index contributed by atoms with van der Waals surface area (Å²) in [6.45, 7) is 4.72. The zero-order valence-electron chi connectivity index (χ0n) is 33.2. The number of aromatic nitrogens is 1. The lowest BCUT2D eigenvalue weighted by molar-refractivity contribution is 0.660. The zero-order chi connectivity index (χ0) is 39.5. The topological polar surface area (TPSA) is 8.17 Å². The summed E-state index contributed by atoms with van der Waals surface area (Å²) >= 11 is 0. The first kappa shape index (κ1) is 34.8. The van der Waals surface area contributed by atoms with Gasteiger partial charge in [-0.05, 0) is 99.1 Å². The number of anilines is 3. The van der Waals surface area contributed by atoms with Crippen molar-refractivity contribution < 1.29 is 0 Å². The summed E-state index contributed by atoms with van der Waals surface area (Å²) in [4.78, 5) is 2.48. The Bertz CT molecular complexity index is 3120. The lowest BCUT2D eigenvalue weighted by Crippen LogP contribution is -2.15. The van der Waals surface area contributed by atoms with Crippen LogP contribution in [0, 0.1) is 0 Å². The van der Waals surface area contributed by atoms with E-state index in [1.807, 2.05) is 0 Å². The minimum absolute atomic E-state index is 0.104. The summed E-state index contributed by atoms with van der Waals surface area (Å²) in [5, 5.41) is 2.52. The number of hydrogen-bond donors (Lipinski definition) is 0. The first-order valence-electron chi connectivity index (χ1n) is 20.5. The fraction of sp³-hybridized carbons (Fsp3) is 0.0526. The predicted molar refractivity (Wildman–Crippen MR) is 249 cm³/mol. The van der Waals surface area contributed by atoms with Crippen molar-refractivity contribution in [2.75, 3.05) is 4.90 Å². The minimum Gasteiger partial charge on any atom is -0.309 e. The van der Waals surface area contributed by atoms with Crippen LogP contribution in [0.3, 0.4) is 0 Å². The standard InChI is InChI=1S/C57H42N2/c1-57(2)50-27-13-9-25-48(50)56-47(26-17-28-51(56)57)46-24-12-16-31-54(46)59(55-37-32-41(39-18-5-3-6-19-39)38-49(55)40-20-7-4-8-21-40)43-35-33-42(34-36-43)58-52-29-14-10-22-44(52)45-23-11-15-30-53(45)58/h3-38H,1-2H3. The average Bonchev–Trinajstić information content (AvgIpc) is 3.76. The van der Waals surface area contributed by atoms with Crippen molar-refractivity contribution in [3.05, 3.63) is 230 Å². The van der Waals surface area contributed by atoms with Crippen LogP contribution in [-0.2, 0) is 5.41 Å². The van der Waals surface area contributed by atoms with E-state index < -0.39 is 0 Å². The summed E-state index contributed by atoms with van der Waals surface area (Å²) < 4.78 is 2.39. The molecule has 1 aromatic heterocycles. The summed E-state index contributed by atoms with van der Waals surface area (Å²) in [6.07, 6.45) is 0. The third kappa shape index (κ3) is 5.63. The number of fused-ring (bicyclic) bond motifs is 6. The fourth-order valence-corrected chi connectivity index (χ4v) is 9.62. The van der Waals surface area contributed by atoms with Crippen molar-refractivity contribution in [2.24, 2.45) is 0 Å². The maximum absolute atomic E-state index is 2.48. The molecule has 0 fully saturated rings. The van der Waals surface area contributed by atoms with E-state index in [4.69, 9.17) is 0 Å². The predicted octanol–water partition coefficient (Wildman–Crippen LogP) is 15.6. The second-order valence-electron chi connectivity index (χ2n) is 16.1. The molecule has 1 aliphatic rings. The van der Waals surface area contributed by atoms with E-state index in [0.29, 0.717) is 0 Å². The van der Waals surface area contributed by atoms with Gasteiger partial charge in [-0.3, -0.25) is 0 Å². The van der Waals surface area contributed by atoms with Gasteiger partial charge in [-0.2, -0.15) is 0 Å². The largest absolute Gasteiger partial charge is 0.309 e. The van der Waals surface area contributed by atoms with Crippen molar-refractivity contribution in [3.8, 4) is 50.2 Å². The average molecular weight is 755 g/mol. The molecule has 9 aromatic carbocycles. The van der Waals surface area contributed by atoms with Gasteiger partial charge < -0.3 is 9.47 Å². The third-order valence-corrected chi connectivity index (χ3v) is 12.4. The Morgan fingerprint density at radius 2 is 0.915 bits per heavy atom. The van der Waals surface area contributed by atoms with E-state index >= 15 is 0 Å². The Balaban J connectivity index is 1.16. The zero-order valence-corrected chi connectivity index (χ0v) is 33.2. The van der Waals surface area contributed by atoms with E-state index in [9.17, 15) is 0 Å². The molecular formula is C57H42N2. The molecule has 0 saturated carbocycles. The fourth-order valence-electron chi connectivity index (χ4n) is 9.62. The molecule has 0 saturated heterocycles. The highest BCUT2D eigenvalue weighted by atomic mass is 15.1. The summed E-state index contributed by atoms with van der Waals surface area (Å²) in [6, 6.07) is 79.9. The maximum atomic E-state index is 2.48. The molecular weight excluding hydrogens is 713 g/mol. The van der Waals surface area contributed by atoms with Crippen LogP contribution in [-0.4, -0.2) is 4.57 Å². The van der Waals surface area contributed by atoms with Crippen molar-refractivity contribution >= 4 is 38.9 Å². The van der Waals surface area contributed by atoms with Crippen LogP contribution in [0.25, 0.3) is 72.0 Å². The van der Waals surface area contributed by atoms with Crippen LogP contribution in [0.15, 0.2) is 218 Å². The molecule has 1 aliphatic carbocycles. The molecule has 0 spiro atoms. The number of nitrogens with zero attached hydrogens (tertiary/aromatic N) is 2. The van der Waals surface area contributed by atoms with Gasteiger partial charge in [-0.25, -0.2) is 0 Å². The maximum Gasteiger partial charge on any atom is 0.0541 e. The molecule has 0 amide bonds. The van der Waals surface area contributed by atoms with Gasteiger partial charge in [0.1, 0.15) is 0 Å². The van der Waals surface area contributed by atoms with Crippen molar-refractivity contribution in [1.82, 2.24) is 4.57 Å². The summed E-state index contributed by atoms with van der Waals surface area (Å²) in [7, 11) is 0. The van der Waals surface area contributed by atoms with Gasteiger partial charge in [-0.1, -0.05) is 178 Å². The van der Waals surface area contributed by atoms with Crippen molar-refractivity contribution in [3.63, 3.8) is 0 Å². The van der Waals surface area contributed by atoms with Crippen LogP contribution in [0.1, 0.15) is 25.0 Å². The second kappa shape index (κ2) is 13.9. The van der Waals surface area contributed by atoms with Crippen LogP contribution < -0.4 is 4.90 Å². The molecule has 11 rings (SSSR count).